The fourth-order valence-corrected chi connectivity index (χ4v) is 4.87. The van der Waals surface area contributed by atoms with Gasteiger partial charge in [0.1, 0.15) is 5.82 Å². The van der Waals surface area contributed by atoms with Crippen molar-refractivity contribution in [2.75, 3.05) is 35.8 Å². The number of fused-ring (bicyclic) bond motifs is 3. The van der Waals surface area contributed by atoms with Crippen molar-refractivity contribution in [2.45, 2.75) is 6.42 Å². The lowest BCUT2D eigenvalue weighted by Gasteiger charge is -2.21. The van der Waals surface area contributed by atoms with E-state index in [9.17, 15) is 9.59 Å². The first-order valence-electron chi connectivity index (χ1n) is 10.5. The summed E-state index contributed by atoms with van der Waals surface area (Å²) in [4.78, 5) is 35.0. The third-order valence-electron chi connectivity index (χ3n) is 5.57. The largest absolute Gasteiger partial charge is 0.362 e. The Morgan fingerprint density at radius 3 is 2.76 bits per heavy atom. The van der Waals surface area contributed by atoms with Crippen LogP contribution in [0.5, 0.6) is 0 Å². The van der Waals surface area contributed by atoms with Crippen molar-refractivity contribution in [3.8, 4) is 10.6 Å². The van der Waals surface area contributed by atoms with Crippen molar-refractivity contribution in [2.24, 2.45) is 0 Å². The molecule has 4 heterocycles. The van der Waals surface area contributed by atoms with E-state index in [-0.39, 0.29) is 11.8 Å². The van der Waals surface area contributed by atoms with E-state index in [1.165, 1.54) is 0 Å². The Balaban J connectivity index is 1.35. The second-order valence-electron chi connectivity index (χ2n) is 7.91. The van der Waals surface area contributed by atoms with Crippen LogP contribution in [0.4, 0.5) is 17.2 Å². The highest BCUT2D eigenvalue weighted by Crippen LogP contribution is 2.39. The Bertz CT molecular complexity index is 1320. The molecular weight excluding hydrogens is 436 g/mol. The number of amides is 2. The predicted molar refractivity (Wildman–Crippen MR) is 130 cm³/mol. The molecular formula is C24H22N6O2S. The molecule has 0 atom stereocenters. The Labute approximate surface area is 194 Å². The van der Waals surface area contributed by atoms with Gasteiger partial charge in [0.05, 0.1) is 28.0 Å². The molecule has 3 aromatic heterocycles. The van der Waals surface area contributed by atoms with E-state index in [0.29, 0.717) is 29.2 Å². The summed E-state index contributed by atoms with van der Waals surface area (Å²) in [6, 6.07) is 12.4. The first-order chi connectivity index (χ1) is 16.0. The third kappa shape index (κ3) is 3.87. The Hall–Kier alpha value is -3.98. The number of nitrogens with one attached hydrogen (secondary N) is 2. The Kier molecular flexibility index (Phi) is 5.39. The van der Waals surface area contributed by atoms with Crippen molar-refractivity contribution in [3.05, 3.63) is 76.9 Å². The van der Waals surface area contributed by atoms with Gasteiger partial charge in [0, 0.05) is 43.7 Å². The van der Waals surface area contributed by atoms with Crippen LogP contribution in [0, 0.1) is 0 Å². The normalized spacial score (nSPS) is 12.5. The molecule has 0 saturated heterocycles. The SMILES string of the molecule is CN(C)c1ncccc1C(=O)Nc1ccc(C(=O)N2CCc3cn[nH]c3-c3sccc32)cc1. The number of carbonyl (C=O) groups is 2. The Morgan fingerprint density at radius 2 is 1.97 bits per heavy atom. The molecule has 166 valence electrons. The molecule has 4 aromatic rings. The van der Waals surface area contributed by atoms with E-state index in [2.05, 4.69) is 20.5 Å². The van der Waals surface area contributed by atoms with Crippen molar-refractivity contribution in [1.29, 1.82) is 0 Å². The predicted octanol–water partition coefficient (Wildman–Crippen LogP) is 4.05. The summed E-state index contributed by atoms with van der Waals surface area (Å²) in [6.07, 6.45) is 4.21. The smallest absolute Gasteiger partial charge is 0.259 e. The van der Waals surface area contributed by atoms with E-state index in [1.807, 2.05) is 36.6 Å². The number of hydrogen-bond donors (Lipinski definition) is 2. The fraction of sp³-hybridized carbons (Fsp3) is 0.167. The minimum atomic E-state index is -0.254. The fourth-order valence-electron chi connectivity index (χ4n) is 3.94. The maximum atomic E-state index is 13.4. The zero-order valence-corrected chi connectivity index (χ0v) is 19.0. The zero-order chi connectivity index (χ0) is 22.9. The molecule has 2 N–H and O–H groups in total. The molecule has 0 bridgehead atoms. The number of pyridine rings is 1. The number of hydrogen-bond acceptors (Lipinski definition) is 6. The van der Waals surface area contributed by atoms with Crippen molar-refractivity contribution >= 4 is 40.3 Å². The van der Waals surface area contributed by atoms with Gasteiger partial charge in [0.2, 0.25) is 0 Å². The summed E-state index contributed by atoms with van der Waals surface area (Å²) < 4.78 is 0. The number of H-pyrrole nitrogens is 1. The number of rotatable bonds is 4. The van der Waals surface area contributed by atoms with Gasteiger partial charge in [-0.2, -0.15) is 5.10 Å². The molecule has 8 nitrogen and oxygen atoms in total. The number of anilines is 3. The minimum absolute atomic E-state index is 0.0761. The quantitative estimate of drug-likeness (QED) is 0.481. The van der Waals surface area contributed by atoms with Crippen LogP contribution >= 0.6 is 11.3 Å². The summed E-state index contributed by atoms with van der Waals surface area (Å²) in [5, 5.41) is 12.1. The lowest BCUT2D eigenvalue weighted by molar-refractivity contribution is 0.0986. The van der Waals surface area contributed by atoms with Gasteiger partial charge in [0.15, 0.2) is 0 Å². The summed E-state index contributed by atoms with van der Waals surface area (Å²) >= 11 is 1.59. The van der Waals surface area contributed by atoms with Crippen molar-refractivity contribution in [3.63, 3.8) is 0 Å². The van der Waals surface area contributed by atoms with Crippen LogP contribution in [-0.2, 0) is 6.42 Å². The van der Waals surface area contributed by atoms with Gasteiger partial charge in [-0.15, -0.1) is 11.3 Å². The second-order valence-corrected chi connectivity index (χ2v) is 8.83. The highest BCUT2D eigenvalue weighted by atomic mass is 32.1. The Morgan fingerprint density at radius 1 is 1.15 bits per heavy atom. The molecule has 0 aliphatic carbocycles. The van der Waals surface area contributed by atoms with Crippen LogP contribution in [0.15, 0.2) is 60.2 Å². The zero-order valence-electron chi connectivity index (χ0n) is 18.2. The highest BCUT2D eigenvalue weighted by Gasteiger charge is 2.27. The molecule has 1 aliphatic rings. The van der Waals surface area contributed by atoms with Gasteiger partial charge < -0.3 is 15.1 Å². The summed E-state index contributed by atoms with van der Waals surface area (Å²) in [5.41, 5.74) is 4.64. The van der Waals surface area contributed by atoms with Crippen molar-refractivity contribution in [1.82, 2.24) is 15.2 Å². The monoisotopic (exact) mass is 458 g/mol. The van der Waals surface area contributed by atoms with Crippen LogP contribution in [-0.4, -0.2) is 47.6 Å². The maximum absolute atomic E-state index is 13.4. The van der Waals surface area contributed by atoms with E-state index < -0.39 is 0 Å². The van der Waals surface area contributed by atoms with Crippen LogP contribution in [0.1, 0.15) is 26.3 Å². The molecule has 0 radical (unpaired) electrons. The van der Waals surface area contributed by atoms with Crippen LogP contribution in [0.25, 0.3) is 10.6 Å². The molecule has 33 heavy (non-hydrogen) atoms. The number of carbonyl (C=O) groups excluding carboxylic acids is 2. The van der Waals surface area contributed by atoms with Crippen molar-refractivity contribution < 1.29 is 9.59 Å². The average Bonchev–Trinajstić information content (AvgIpc) is 3.47. The second kappa shape index (κ2) is 8.51. The van der Waals surface area contributed by atoms with Gasteiger partial charge in [-0.3, -0.25) is 14.7 Å². The van der Waals surface area contributed by atoms with Gasteiger partial charge in [-0.05, 0) is 54.3 Å². The van der Waals surface area contributed by atoms with Gasteiger partial charge in [-0.1, -0.05) is 0 Å². The number of benzene rings is 1. The minimum Gasteiger partial charge on any atom is -0.362 e. The number of nitrogens with zero attached hydrogens (tertiary/aromatic N) is 4. The standard InChI is InChI=1S/C24H22N6O2S/c1-29(2)22-18(4-3-11-25-22)23(31)27-17-7-5-15(6-8-17)24(32)30-12-9-16-14-26-28-20(16)21-19(30)10-13-33-21/h3-8,10-11,13-14H,9,12H2,1-2H3,(H,26,28)(H,27,31). The number of thiophene rings is 1. The van der Waals surface area contributed by atoms with Crippen LogP contribution in [0.2, 0.25) is 0 Å². The van der Waals surface area contributed by atoms with E-state index >= 15 is 0 Å². The first-order valence-corrected chi connectivity index (χ1v) is 11.4. The third-order valence-corrected chi connectivity index (χ3v) is 6.50. The lowest BCUT2D eigenvalue weighted by Crippen LogP contribution is -2.32. The molecule has 1 aliphatic heterocycles. The number of aromatic amines is 1. The van der Waals surface area contributed by atoms with Crippen LogP contribution in [0.3, 0.4) is 0 Å². The average molecular weight is 459 g/mol. The molecule has 0 fully saturated rings. The molecule has 2 amide bonds. The van der Waals surface area contributed by atoms with E-state index in [1.54, 1.807) is 58.8 Å². The highest BCUT2D eigenvalue weighted by molar-refractivity contribution is 7.14. The van der Waals surface area contributed by atoms with E-state index in [0.717, 1.165) is 28.2 Å². The molecule has 1 aromatic carbocycles. The molecule has 5 rings (SSSR count). The molecule has 9 heteroatoms. The molecule has 0 spiro atoms. The molecule has 0 saturated carbocycles. The van der Waals surface area contributed by atoms with Gasteiger partial charge in [0.25, 0.3) is 11.8 Å². The van der Waals surface area contributed by atoms with Gasteiger partial charge in [-0.25, -0.2) is 4.98 Å². The van der Waals surface area contributed by atoms with Crippen LogP contribution < -0.4 is 15.1 Å². The topological polar surface area (TPSA) is 94.2 Å². The maximum Gasteiger partial charge on any atom is 0.259 e. The summed E-state index contributed by atoms with van der Waals surface area (Å²) in [6.45, 7) is 0.571. The first kappa shape index (κ1) is 20.9. The van der Waals surface area contributed by atoms with E-state index in [4.69, 9.17) is 0 Å². The molecule has 0 unspecified atom stereocenters. The lowest BCUT2D eigenvalue weighted by atomic mass is 10.1. The number of aromatic nitrogens is 3. The summed E-state index contributed by atoms with van der Waals surface area (Å²) in [5.74, 6) is 0.262. The van der Waals surface area contributed by atoms with Gasteiger partial charge >= 0.3 is 0 Å². The summed E-state index contributed by atoms with van der Waals surface area (Å²) in [7, 11) is 3.68.